The van der Waals surface area contributed by atoms with Crippen LogP contribution in [0.2, 0.25) is 0 Å². The third-order valence-corrected chi connectivity index (χ3v) is 4.52. The minimum Gasteiger partial charge on any atom is -0.289 e. The number of Topliss-reactive ketones (excluding diaryl/α,β-unsaturated/α-hetero) is 2. The summed E-state index contributed by atoms with van der Waals surface area (Å²) in [7, 11) is 0. The molecule has 20 heavy (non-hydrogen) atoms. The van der Waals surface area contributed by atoms with Crippen molar-refractivity contribution in [2.45, 2.75) is 45.4 Å². The molecule has 0 fully saturated rings. The predicted molar refractivity (Wildman–Crippen MR) is 84.4 cm³/mol. The van der Waals surface area contributed by atoms with Crippen LogP contribution in [0.25, 0.3) is 0 Å². The number of ketones is 2. The second-order valence-corrected chi connectivity index (χ2v) is 5.95. The van der Waals surface area contributed by atoms with Crippen LogP contribution in [0.3, 0.4) is 0 Å². The molecule has 0 radical (unpaired) electrons. The number of allylic oxidation sites excluding steroid dienone is 2. The Morgan fingerprint density at radius 1 is 0.900 bits per heavy atom. The molecule has 2 rings (SSSR count). The zero-order valence-corrected chi connectivity index (χ0v) is 13.3. The Bertz CT molecular complexity index is 558. The second kappa shape index (κ2) is 6.98. The Kier molecular flexibility index (Phi) is 5.30. The van der Waals surface area contributed by atoms with Gasteiger partial charge in [0.05, 0.1) is 4.48 Å². The molecule has 1 aromatic rings. The zero-order chi connectivity index (χ0) is 14.5. The summed E-state index contributed by atoms with van der Waals surface area (Å²) in [5.41, 5.74) is 1.70. The molecule has 1 aromatic carbocycles. The van der Waals surface area contributed by atoms with Crippen molar-refractivity contribution >= 4 is 27.5 Å². The fourth-order valence-electron chi connectivity index (χ4n) is 2.53. The highest BCUT2D eigenvalue weighted by atomic mass is 79.9. The van der Waals surface area contributed by atoms with Crippen LogP contribution in [-0.4, -0.2) is 11.6 Å². The summed E-state index contributed by atoms with van der Waals surface area (Å²) in [6.07, 6.45) is 6.39. The van der Waals surface area contributed by atoms with E-state index in [1.165, 1.54) is 19.3 Å². The summed E-state index contributed by atoms with van der Waals surface area (Å²) in [6, 6.07) is 7.06. The van der Waals surface area contributed by atoms with Gasteiger partial charge < -0.3 is 0 Å². The molecule has 1 aliphatic carbocycles. The molecule has 0 amide bonds. The molecule has 0 aliphatic heterocycles. The van der Waals surface area contributed by atoms with Crippen molar-refractivity contribution in [3.8, 4) is 0 Å². The van der Waals surface area contributed by atoms with E-state index in [1.807, 2.05) is 6.07 Å². The van der Waals surface area contributed by atoms with Gasteiger partial charge in [0.2, 0.25) is 5.78 Å². The van der Waals surface area contributed by atoms with Gasteiger partial charge in [-0.25, -0.2) is 0 Å². The SMILES string of the molecule is CCCCCCCC1=C(Br)C(=O)c2ccccc2C1=O. The molecule has 1 aliphatic rings. The molecule has 106 valence electrons. The van der Waals surface area contributed by atoms with Gasteiger partial charge in [-0.3, -0.25) is 9.59 Å². The van der Waals surface area contributed by atoms with E-state index in [4.69, 9.17) is 0 Å². The topological polar surface area (TPSA) is 34.1 Å². The molecule has 0 N–H and O–H groups in total. The van der Waals surface area contributed by atoms with E-state index in [-0.39, 0.29) is 11.6 Å². The van der Waals surface area contributed by atoms with Gasteiger partial charge >= 0.3 is 0 Å². The number of hydrogen-bond acceptors (Lipinski definition) is 2. The van der Waals surface area contributed by atoms with Crippen LogP contribution < -0.4 is 0 Å². The number of halogens is 1. The van der Waals surface area contributed by atoms with Crippen LogP contribution in [0.15, 0.2) is 34.3 Å². The average molecular weight is 335 g/mol. The lowest BCUT2D eigenvalue weighted by atomic mass is 9.87. The molecule has 0 bridgehead atoms. The van der Waals surface area contributed by atoms with Crippen LogP contribution in [-0.2, 0) is 0 Å². The Labute approximate surface area is 128 Å². The normalized spacial score (nSPS) is 14.7. The molecule has 0 aromatic heterocycles. The van der Waals surface area contributed by atoms with Crippen LogP contribution >= 0.6 is 15.9 Å². The number of carbonyl (C=O) groups is 2. The molecular weight excluding hydrogens is 316 g/mol. The van der Waals surface area contributed by atoms with Crippen molar-refractivity contribution < 1.29 is 9.59 Å². The molecule has 0 spiro atoms. The summed E-state index contributed by atoms with van der Waals surface area (Å²) in [5, 5.41) is 0. The Morgan fingerprint density at radius 2 is 1.50 bits per heavy atom. The van der Waals surface area contributed by atoms with Crippen LogP contribution in [0, 0.1) is 0 Å². The lowest BCUT2D eigenvalue weighted by Crippen LogP contribution is -2.19. The predicted octanol–water partition coefficient (Wildman–Crippen LogP) is 5.08. The number of carbonyl (C=O) groups excluding carboxylic acids is 2. The summed E-state index contributed by atoms with van der Waals surface area (Å²) in [5.74, 6) is -0.0636. The summed E-state index contributed by atoms with van der Waals surface area (Å²) in [4.78, 5) is 24.7. The second-order valence-electron chi connectivity index (χ2n) is 5.16. The first-order valence-electron chi connectivity index (χ1n) is 7.24. The fourth-order valence-corrected chi connectivity index (χ4v) is 3.12. The van der Waals surface area contributed by atoms with Crippen LogP contribution in [0.5, 0.6) is 0 Å². The van der Waals surface area contributed by atoms with Gasteiger partial charge in [-0.05, 0) is 28.8 Å². The largest absolute Gasteiger partial charge is 0.289 e. The molecular formula is C17H19BrO2. The average Bonchev–Trinajstić information content (AvgIpc) is 2.48. The van der Waals surface area contributed by atoms with Crippen LogP contribution in [0.1, 0.15) is 66.2 Å². The number of hydrogen-bond donors (Lipinski definition) is 0. The van der Waals surface area contributed by atoms with Crippen molar-refractivity contribution in [1.29, 1.82) is 0 Å². The highest BCUT2D eigenvalue weighted by Gasteiger charge is 2.29. The van der Waals surface area contributed by atoms with Gasteiger partial charge in [-0.2, -0.15) is 0 Å². The van der Waals surface area contributed by atoms with E-state index in [0.717, 1.165) is 12.8 Å². The summed E-state index contributed by atoms with van der Waals surface area (Å²) in [6.45, 7) is 2.18. The van der Waals surface area contributed by atoms with Crippen molar-refractivity contribution in [2.75, 3.05) is 0 Å². The molecule has 0 atom stereocenters. The Morgan fingerprint density at radius 3 is 2.15 bits per heavy atom. The van der Waals surface area contributed by atoms with Crippen molar-refractivity contribution in [2.24, 2.45) is 0 Å². The first kappa shape index (κ1) is 15.2. The molecule has 0 unspecified atom stereocenters. The number of benzene rings is 1. The number of fused-ring (bicyclic) bond motifs is 1. The van der Waals surface area contributed by atoms with E-state index in [9.17, 15) is 9.59 Å². The molecule has 0 saturated heterocycles. The summed E-state index contributed by atoms with van der Waals surface area (Å²) < 4.78 is 0.455. The van der Waals surface area contributed by atoms with E-state index in [0.29, 0.717) is 27.6 Å². The van der Waals surface area contributed by atoms with E-state index >= 15 is 0 Å². The minimum atomic E-state index is -0.0660. The van der Waals surface area contributed by atoms with Gasteiger partial charge in [0.1, 0.15) is 0 Å². The van der Waals surface area contributed by atoms with Crippen molar-refractivity contribution in [3.05, 3.63) is 45.4 Å². The molecule has 0 saturated carbocycles. The smallest absolute Gasteiger partial charge is 0.201 e. The quantitative estimate of drug-likeness (QED) is 0.680. The van der Waals surface area contributed by atoms with Gasteiger partial charge in [-0.15, -0.1) is 0 Å². The third-order valence-electron chi connectivity index (χ3n) is 3.69. The van der Waals surface area contributed by atoms with Gasteiger partial charge in [0, 0.05) is 16.7 Å². The van der Waals surface area contributed by atoms with Crippen molar-refractivity contribution in [1.82, 2.24) is 0 Å². The Balaban J connectivity index is 2.11. The fraction of sp³-hybridized carbons (Fsp3) is 0.412. The third kappa shape index (κ3) is 3.09. The maximum atomic E-state index is 12.5. The van der Waals surface area contributed by atoms with Gasteiger partial charge in [-0.1, -0.05) is 56.9 Å². The standard InChI is InChI=1S/C17H19BrO2/c1-2-3-4-5-6-11-14-15(18)17(20)13-10-8-7-9-12(13)16(14)19/h7-10H,2-6,11H2,1H3. The first-order valence-corrected chi connectivity index (χ1v) is 8.03. The summed E-state index contributed by atoms with van der Waals surface area (Å²) >= 11 is 3.32. The molecule has 3 heteroatoms. The lowest BCUT2D eigenvalue weighted by Gasteiger charge is -2.17. The number of unbranched alkanes of at least 4 members (excludes halogenated alkanes) is 4. The maximum Gasteiger partial charge on any atom is 0.201 e. The van der Waals surface area contributed by atoms with E-state index in [1.54, 1.807) is 18.2 Å². The minimum absolute atomic E-state index is 0.00238. The number of rotatable bonds is 6. The van der Waals surface area contributed by atoms with Gasteiger partial charge in [0.15, 0.2) is 5.78 Å². The highest BCUT2D eigenvalue weighted by molar-refractivity contribution is 9.12. The lowest BCUT2D eigenvalue weighted by molar-refractivity contribution is 0.0979. The molecule has 0 heterocycles. The van der Waals surface area contributed by atoms with E-state index < -0.39 is 0 Å². The first-order chi connectivity index (χ1) is 9.66. The van der Waals surface area contributed by atoms with Crippen molar-refractivity contribution in [3.63, 3.8) is 0 Å². The monoisotopic (exact) mass is 334 g/mol. The highest BCUT2D eigenvalue weighted by Crippen LogP contribution is 2.32. The van der Waals surface area contributed by atoms with Gasteiger partial charge in [0.25, 0.3) is 0 Å². The molecule has 2 nitrogen and oxygen atoms in total. The Hall–Kier alpha value is -1.22. The maximum absolute atomic E-state index is 12.5. The van der Waals surface area contributed by atoms with Crippen LogP contribution in [0.4, 0.5) is 0 Å². The zero-order valence-electron chi connectivity index (χ0n) is 11.7. The van der Waals surface area contributed by atoms with E-state index in [2.05, 4.69) is 22.9 Å².